The van der Waals surface area contributed by atoms with Crippen molar-refractivity contribution in [3.8, 4) is 0 Å². The van der Waals surface area contributed by atoms with Gasteiger partial charge in [-0.3, -0.25) is 19.2 Å². The highest BCUT2D eigenvalue weighted by Gasteiger charge is 2.28. The number of aromatic nitrogens is 1. The number of piperidine rings is 1. The Hall–Kier alpha value is -3.16. The van der Waals surface area contributed by atoms with Crippen molar-refractivity contribution in [2.45, 2.75) is 39.7 Å². The third kappa shape index (κ3) is 5.31. The van der Waals surface area contributed by atoms with Gasteiger partial charge in [0.25, 0.3) is 5.91 Å². The SMILES string of the molecule is CC(C)C(C)NC(=O)C1CCN(C(=O)CNC(=O)c2c[nH]c3ccccc3c2=O)CC1. The number of aromatic amines is 1. The lowest BCUT2D eigenvalue weighted by molar-refractivity contribution is -0.135. The molecule has 31 heavy (non-hydrogen) atoms. The number of fused-ring (bicyclic) bond motifs is 1. The molecule has 1 atom stereocenters. The maximum atomic E-state index is 12.5. The highest BCUT2D eigenvalue weighted by Crippen LogP contribution is 2.18. The van der Waals surface area contributed by atoms with E-state index in [1.54, 1.807) is 29.2 Å². The summed E-state index contributed by atoms with van der Waals surface area (Å²) in [5.74, 6) is -0.505. The third-order valence-corrected chi connectivity index (χ3v) is 6.02. The molecule has 0 radical (unpaired) electrons. The van der Waals surface area contributed by atoms with Crippen LogP contribution in [0, 0.1) is 11.8 Å². The van der Waals surface area contributed by atoms with Crippen LogP contribution in [0.25, 0.3) is 10.9 Å². The van der Waals surface area contributed by atoms with Gasteiger partial charge in [0.1, 0.15) is 5.56 Å². The molecule has 1 aromatic heterocycles. The van der Waals surface area contributed by atoms with Gasteiger partial charge in [0.05, 0.1) is 6.54 Å². The quantitative estimate of drug-likeness (QED) is 0.652. The average molecular weight is 427 g/mol. The number of carbonyl (C=O) groups is 3. The molecule has 3 N–H and O–H groups in total. The number of H-pyrrole nitrogens is 1. The first kappa shape index (κ1) is 22.5. The summed E-state index contributed by atoms with van der Waals surface area (Å²) in [4.78, 5) is 54.4. The number of para-hydroxylation sites is 1. The van der Waals surface area contributed by atoms with Crippen LogP contribution in [-0.2, 0) is 9.59 Å². The molecule has 3 amide bonds. The van der Waals surface area contributed by atoms with E-state index in [1.165, 1.54) is 6.20 Å². The van der Waals surface area contributed by atoms with E-state index in [1.807, 2.05) is 6.92 Å². The lowest BCUT2D eigenvalue weighted by Gasteiger charge is -2.32. The Morgan fingerprint density at radius 3 is 2.48 bits per heavy atom. The zero-order valence-corrected chi connectivity index (χ0v) is 18.2. The van der Waals surface area contributed by atoms with Crippen molar-refractivity contribution >= 4 is 28.6 Å². The maximum absolute atomic E-state index is 12.5. The van der Waals surface area contributed by atoms with Gasteiger partial charge in [0.2, 0.25) is 17.2 Å². The first-order valence-electron chi connectivity index (χ1n) is 10.7. The number of hydrogen-bond donors (Lipinski definition) is 3. The van der Waals surface area contributed by atoms with Crippen LogP contribution in [0.2, 0.25) is 0 Å². The first-order chi connectivity index (χ1) is 14.8. The predicted octanol–water partition coefficient (Wildman–Crippen LogP) is 1.66. The number of hydrogen-bond acceptors (Lipinski definition) is 4. The second-order valence-corrected chi connectivity index (χ2v) is 8.46. The topological polar surface area (TPSA) is 111 Å². The molecule has 1 aliphatic heterocycles. The van der Waals surface area contributed by atoms with Gasteiger partial charge in [-0.15, -0.1) is 0 Å². The number of nitrogens with one attached hydrogen (secondary N) is 3. The number of rotatable bonds is 6. The number of likely N-dealkylation sites (tertiary alicyclic amines) is 1. The summed E-state index contributed by atoms with van der Waals surface area (Å²) in [6.07, 6.45) is 2.56. The molecule has 8 heteroatoms. The first-order valence-corrected chi connectivity index (χ1v) is 10.7. The normalized spacial score (nSPS) is 15.7. The summed E-state index contributed by atoms with van der Waals surface area (Å²) >= 11 is 0. The van der Waals surface area contributed by atoms with E-state index in [9.17, 15) is 19.2 Å². The lowest BCUT2D eigenvalue weighted by atomic mass is 9.94. The van der Waals surface area contributed by atoms with Gasteiger partial charge in [0.15, 0.2) is 0 Å². The van der Waals surface area contributed by atoms with Crippen molar-refractivity contribution in [2.24, 2.45) is 11.8 Å². The number of benzene rings is 1. The van der Waals surface area contributed by atoms with Crippen molar-refractivity contribution in [3.63, 3.8) is 0 Å². The number of amides is 3. The van der Waals surface area contributed by atoms with Crippen molar-refractivity contribution in [2.75, 3.05) is 19.6 Å². The molecule has 0 bridgehead atoms. The van der Waals surface area contributed by atoms with Crippen LogP contribution in [0.3, 0.4) is 0 Å². The van der Waals surface area contributed by atoms with Gasteiger partial charge in [-0.1, -0.05) is 26.0 Å². The van der Waals surface area contributed by atoms with Crippen molar-refractivity contribution < 1.29 is 14.4 Å². The van der Waals surface area contributed by atoms with E-state index >= 15 is 0 Å². The highest BCUT2D eigenvalue weighted by molar-refractivity contribution is 5.98. The minimum atomic E-state index is -0.586. The Balaban J connectivity index is 1.51. The Morgan fingerprint density at radius 1 is 1.13 bits per heavy atom. The fourth-order valence-corrected chi connectivity index (χ4v) is 3.60. The van der Waals surface area contributed by atoms with Gasteiger partial charge < -0.3 is 20.5 Å². The van der Waals surface area contributed by atoms with Crippen molar-refractivity contribution in [3.05, 3.63) is 46.2 Å². The van der Waals surface area contributed by atoms with Crippen LogP contribution < -0.4 is 16.1 Å². The molecule has 1 aromatic carbocycles. The summed E-state index contributed by atoms with van der Waals surface area (Å²) < 4.78 is 0. The zero-order valence-electron chi connectivity index (χ0n) is 18.2. The van der Waals surface area contributed by atoms with E-state index in [4.69, 9.17) is 0 Å². The maximum Gasteiger partial charge on any atom is 0.257 e. The van der Waals surface area contributed by atoms with Crippen LogP contribution in [-0.4, -0.2) is 53.3 Å². The zero-order chi connectivity index (χ0) is 22.5. The number of nitrogens with zero attached hydrogens (tertiary/aromatic N) is 1. The van der Waals surface area contributed by atoms with Gasteiger partial charge >= 0.3 is 0 Å². The van der Waals surface area contributed by atoms with E-state index in [0.717, 1.165) is 0 Å². The summed E-state index contributed by atoms with van der Waals surface area (Å²) in [5, 5.41) is 6.01. The van der Waals surface area contributed by atoms with Gasteiger partial charge in [-0.2, -0.15) is 0 Å². The third-order valence-electron chi connectivity index (χ3n) is 6.02. The molecule has 166 valence electrons. The molecule has 1 saturated heterocycles. The second kappa shape index (κ2) is 9.76. The largest absolute Gasteiger partial charge is 0.360 e. The summed E-state index contributed by atoms with van der Waals surface area (Å²) in [7, 11) is 0. The van der Waals surface area contributed by atoms with Crippen LogP contribution in [0.15, 0.2) is 35.3 Å². The Morgan fingerprint density at radius 2 is 1.81 bits per heavy atom. The molecule has 2 aromatic rings. The molecule has 1 unspecified atom stereocenters. The van der Waals surface area contributed by atoms with Crippen LogP contribution >= 0.6 is 0 Å². The molecule has 8 nitrogen and oxygen atoms in total. The number of pyridine rings is 1. The molecule has 1 aliphatic rings. The monoisotopic (exact) mass is 426 g/mol. The predicted molar refractivity (Wildman–Crippen MR) is 119 cm³/mol. The van der Waals surface area contributed by atoms with Crippen LogP contribution in [0.4, 0.5) is 0 Å². The Kier molecular flexibility index (Phi) is 7.09. The van der Waals surface area contributed by atoms with E-state index < -0.39 is 5.91 Å². The molecule has 2 heterocycles. The van der Waals surface area contributed by atoms with Crippen molar-refractivity contribution in [1.82, 2.24) is 20.5 Å². The highest BCUT2D eigenvalue weighted by atomic mass is 16.2. The molecule has 0 aliphatic carbocycles. The standard InChI is InChI=1S/C23H30N4O4/c1-14(2)15(3)26-22(30)16-8-10-27(11-9-16)20(28)13-25-23(31)18-12-24-19-7-5-4-6-17(19)21(18)29/h4-7,12,14-16H,8-11,13H2,1-3H3,(H,24,29)(H,25,31)(H,26,30). The van der Waals surface area contributed by atoms with Gasteiger partial charge in [-0.25, -0.2) is 0 Å². The van der Waals surface area contributed by atoms with Gasteiger partial charge in [-0.05, 0) is 37.8 Å². The number of carbonyl (C=O) groups excluding carboxylic acids is 3. The summed E-state index contributed by atoms with van der Waals surface area (Å²) in [6.45, 7) is 6.87. The van der Waals surface area contributed by atoms with E-state index in [2.05, 4.69) is 29.5 Å². The Bertz CT molecular complexity index is 1020. The Labute approximate surface area is 181 Å². The molecular weight excluding hydrogens is 396 g/mol. The van der Waals surface area contributed by atoms with Crippen molar-refractivity contribution in [1.29, 1.82) is 0 Å². The smallest absolute Gasteiger partial charge is 0.257 e. The molecule has 3 rings (SSSR count). The molecule has 0 spiro atoms. The summed E-state index contributed by atoms with van der Waals surface area (Å²) in [6, 6.07) is 7.05. The summed E-state index contributed by atoms with van der Waals surface area (Å²) in [5.41, 5.74) is 0.248. The minimum Gasteiger partial charge on any atom is -0.360 e. The molecule has 1 fully saturated rings. The van der Waals surface area contributed by atoms with Crippen LogP contribution in [0.5, 0.6) is 0 Å². The average Bonchev–Trinajstić information content (AvgIpc) is 2.77. The second-order valence-electron chi connectivity index (χ2n) is 8.46. The minimum absolute atomic E-state index is 0.0267. The molecule has 0 saturated carbocycles. The fraction of sp³-hybridized carbons (Fsp3) is 0.478. The lowest BCUT2D eigenvalue weighted by Crippen LogP contribution is -2.48. The molecular formula is C23H30N4O4. The fourth-order valence-electron chi connectivity index (χ4n) is 3.60. The van der Waals surface area contributed by atoms with Gasteiger partial charge in [0, 0.05) is 42.1 Å². The van der Waals surface area contributed by atoms with E-state index in [0.29, 0.717) is 42.8 Å². The van der Waals surface area contributed by atoms with E-state index in [-0.39, 0.29) is 41.3 Å². The van der Waals surface area contributed by atoms with Crippen LogP contribution in [0.1, 0.15) is 44.0 Å².